The predicted octanol–water partition coefficient (Wildman–Crippen LogP) is 3.84. The van der Waals surface area contributed by atoms with Crippen molar-refractivity contribution in [2.75, 3.05) is 0 Å². The molecule has 1 aliphatic heterocycles. The third-order valence-electron chi connectivity index (χ3n) is 2.01. The molecule has 0 aromatic heterocycles. The monoisotopic (exact) mass is 259 g/mol. The van der Waals surface area contributed by atoms with Gasteiger partial charge in [-0.3, -0.25) is 4.42 Å². The van der Waals surface area contributed by atoms with Gasteiger partial charge in [-0.05, 0) is 17.7 Å². The number of halogens is 3. The molecular formula is C10H6Cl3N2. The fourth-order valence-electron chi connectivity index (χ4n) is 1.32. The van der Waals surface area contributed by atoms with E-state index in [0.29, 0.717) is 10.1 Å². The molecule has 1 atom stereocenters. The summed E-state index contributed by atoms with van der Waals surface area (Å²) in [5.74, 6) is 0. The summed E-state index contributed by atoms with van der Waals surface area (Å²) in [6.45, 7) is 0. The summed E-state index contributed by atoms with van der Waals surface area (Å²) in [4.78, 5) is 3.76. The molecule has 0 N–H and O–H groups in total. The zero-order valence-corrected chi connectivity index (χ0v) is 9.76. The van der Waals surface area contributed by atoms with E-state index in [1.54, 1.807) is 12.1 Å². The molecule has 1 unspecified atom stereocenters. The average molecular weight is 261 g/mol. The Kier molecular flexibility index (Phi) is 3.19. The van der Waals surface area contributed by atoms with Crippen LogP contribution in [-0.2, 0) is 0 Å². The van der Waals surface area contributed by atoms with E-state index in [2.05, 4.69) is 11.3 Å². The van der Waals surface area contributed by atoms with Crippen LogP contribution in [0.3, 0.4) is 0 Å². The third-order valence-corrected chi connectivity index (χ3v) is 2.84. The van der Waals surface area contributed by atoms with Gasteiger partial charge >= 0.3 is 0 Å². The molecule has 1 radical (unpaired) electrons. The maximum Gasteiger partial charge on any atom is 0.188 e. The molecule has 2 nitrogen and oxygen atoms in total. The Morgan fingerprint density at radius 1 is 1.20 bits per heavy atom. The smallest absolute Gasteiger partial charge is 0.188 e. The summed E-state index contributed by atoms with van der Waals surface area (Å²) in [5.41, 5.74) is 0.943. The van der Waals surface area contributed by atoms with Gasteiger partial charge in [0.25, 0.3) is 0 Å². The van der Waals surface area contributed by atoms with Crippen molar-refractivity contribution in [2.24, 2.45) is 4.99 Å². The second-order valence-electron chi connectivity index (χ2n) is 3.01. The molecule has 0 fully saturated rings. The third kappa shape index (κ3) is 2.28. The SMILES string of the molecule is ClC1=CN=[C]N(Cl)C1c1ccc(Cl)cc1. The van der Waals surface area contributed by atoms with Crippen LogP contribution in [0.5, 0.6) is 0 Å². The van der Waals surface area contributed by atoms with E-state index in [0.717, 1.165) is 5.56 Å². The maximum atomic E-state index is 6.02. The van der Waals surface area contributed by atoms with Crippen molar-refractivity contribution in [2.45, 2.75) is 6.04 Å². The van der Waals surface area contributed by atoms with Gasteiger partial charge < -0.3 is 0 Å². The first-order valence-corrected chi connectivity index (χ1v) is 5.29. The Labute approximate surface area is 103 Å². The first-order chi connectivity index (χ1) is 7.18. The van der Waals surface area contributed by atoms with Gasteiger partial charge in [0.2, 0.25) is 0 Å². The quantitative estimate of drug-likeness (QED) is 0.701. The average Bonchev–Trinajstić information content (AvgIpc) is 2.20. The summed E-state index contributed by atoms with van der Waals surface area (Å²) in [7, 11) is 0. The van der Waals surface area contributed by atoms with Gasteiger partial charge in [0.15, 0.2) is 6.34 Å². The number of aliphatic imine (C=N–C) groups is 1. The van der Waals surface area contributed by atoms with Crippen LogP contribution in [0.4, 0.5) is 0 Å². The van der Waals surface area contributed by atoms with Crippen LogP contribution in [0.1, 0.15) is 11.6 Å². The second kappa shape index (κ2) is 4.44. The number of benzene rings is 1. The van der Waals surface area contributed by atoms with Crippen LogP contribution in [0.25, 0.3) is 0 Å². The minimum absolute atomic E-state index is 0.247. The molecule has 5 heteroatoms. The Hall–Kier alpha value is -0.700. The lowest BCUT2D eigenvalue weighted by Crippen LogP contribution is -2.20. The first-order valence-electron chi connectivity index (χ1n) is 4.20. The normalized spacial score (nSPS) is 20.3. The highest BCUT2D eigenvalue weighted by Gasteiger charge is 2.23. The summed E-state index contributed by atoms with van der Waals surface area (Å²) in [5, 5.41) is 1.22. The van der Waals surface area contributed by atoms with Crippen molar-refractivity contribution in [3.63, 3.8) is 0 Å². The standard InChI is InChI=1S/C10H6Cl3N2/c11-8-3-1-7(2-4-8)10-9(12)5-14-6-15(10)13/h1-5,10H. The fourth-order valence-corrected chi connectivity index (χ4v) is 2.03. The molecule has 2 rings (SSSR count). The van der Waals surface area contributed by atoms with Crippen molar-refractivity contribution in [3.8, 4) is 0 Å². The van der Waals surface area contributed by atoms with Gasteiger partial charge in [-0.25, -0.2) is 4.99 Å². The summed E-state index contributed by atoms with van der Waals surface area (Å²) < 4.78 is 1.31. The molecule has 0 amide bonds. The molecule has 77 valence electrons. The molecule has 0 saturated heterocycles. The van der Waals surface area contributed by atoms with Gasteiger partial charge in [-0.2, -0.15) is 0 Å². The van der Waals surface area contributed by atoms with Gasteiger partial charge in [0.05, 0.1) is 5.03 Å². The molecule has 1 heterocycles. The zero-order chi connectivity index (χ0) is 10.8. The minimum atomic E-state index is -0.247. The summed E-state index contributed by atoms with van der Waals surface area (Å²) in [6, 6.07) is 7.06. The van der Waals surface area contributed by atoms with E-state index >= 15 is 0 Å². The molecule has 1 aliphatic rings. The number of hydrogen-bond donors (Lipinski definition) is 0. The van der Waals surface area contributed by atoms with E-state index in [1.807, 2.05) is 12.1 Å². The van der Waals surface area contributed by atoms with Crippen LogP contribution in [0.15, 0.2) is 40.5 Å². The Balaban J connectivity index is 2.34. The molecule has 0 spiro atoms. The molecule has 1 aromatic carbocycles. The van der Waals surface area contributed by atoms with E-state index in [-0.39, 0.29) is 6.04 Å². The first kappa shape index (κ1) is 10.8. The molecular weight excluding hydrogens is 254 g/mol. The van der Waals surface area contributed by atoms with E-state index in [9.17, 15) is 0 Å². The lowest BCUT2D eigenvalue weighted by Gasteiger charge is -2.24. The number of nitrogens with zero attached hydrogens (tertiary/aromatic N) is 2. The summed E-state index contributed by atoms with van der Waals surface area (Å²) >= 11 is 17.7. The highest BCUT2D eigenvalue weighted by atomic mass is 35.5. The van der Waals surface area contributed by atoms with E-state index < -0.39 is 0 Å². The molecule has 0 aliphatic carbocycles. The van der Waals surface area contributed by atoms with Gasteiger partial charge in [0, 0.05) is 23.0 Å². The van der Waals surface area contributed by atoms with Gasteiger partial charge in [-0.1, -0.05) is 35.3 Å². The van der Waals surface area contributed by atoms with Crippen LogP contribution in [0.2, 0.25) is 5.02 Å². The van der Waals surface area contributed by atoms with Crippen molar-refractivity contribution < 1.29 is 0 Å². The highest BCUT2D eigenvalue weighted by molar-refractivity contribution is 6.32. The van der Waals surface area contributed by atoms with Gasteiger partial charge in [-0.15, -0.1) is 0 Å². The molecule has 1 aromatic rings. The van der Waals surface area contributed by atoms with E-state index in [4.69, 9.17) is 35.0 Å². The molecule has 15 heavy (non-hydrogen) atoms. The van der Waals surface area contributed by atoms with Crippen molar-refractivity contribution in [3.05, 3.63) is 46.1 Å². The Morgan fingerprint density at radius 3 is 2.47 bits per heavy atom. The summed E-state index contributed by atoms with van der Waals surface area (Å²) in [6.07, 6.45) is 4.13. The van der Waals surface area contributed by atoms with Crippen LogP contribution in [0, 0.1) is 0 Å². The Bertz CT molecular complexity index is 411. The number of rotatable bonds is 1. The van der Waals surface area contributed by atoms with Crippen LogP contribution in [-0.4, -0.2) is 10.8 Å². The number of hydrogen-bond acceptors (Lipinski definition) is 2. The predicted molar refractivity (Wildman–Crippen MR) is 63.3 cm³/mol. The minimum Gasteiger partial charge on any atom is -0.253 e. The van der Waals surface area contributed by atoms with Crippen molar-refractivity contribution in [1.82, 2.24) is 4.42 Å². The molecule has 0 bridgehead atoms. The van der Waals surface area contributed by atoms with Crippen LogP contribution >= 0.6 is 35.0 Å². The van der Waals surface area contributed by atoms with Crippen molar-refractivity contribution in [1.29, 1.82) is 0 Å². The largest absolute Gasteiger partial charge is 0.253 e. The zero-order valence-electron chi connectivity index (χ0n) is 7.49. The topological polar surface area (TPSA) is 15.6 Å². The lowest BCUT2D eigenvalue weighted by molar-refractivity contribution is 0.565. The Morgan fingerprint density at radius 2 is 1.87 bits per heavy atom. The highest BCUT2D eigenvalue weighted by Crippen LogP contribution is 2.33. The van der Waals surface area contributed by atoms with Crippen molar-refractivity contribution >= 4 is 41.3 Å². The molecule has 0 saturated carbocycles. The van der Waals surface area contributed by atoms with E-state index in [1.165, 1.54) is 10.6 Å². The van der Waals surface area contributed by atoms with Gasteiger partial charge in [0.1, 0.15) is 6.04 Å². The fraction of sp³-hybridized carbons (Fsp3) is 0.100. The maximum absolute atomic E-state index is 6.02. The lowest BCUT2D eigenvalue weighted by atomic mass is 10.1. The second-order valence-corrected chi connectivity index (χ2v) is 4.25. The van der Waals surface area contributed by atoms with Crippen LogP contribution < -0.4 is 0 Å².